The Morgan fingerprint density at radius 3 is 1.69 bits per heavy atom. The Hall–Kier alpha value is -8.48. The third kappa shape index (κ3) is 6.13. The molecule has 0 N–H and O–H groups in total. The fourth-order valence-electron chi connectivity index (χ4n) is 8.73. The van der Waals surface area contributed by atoms with E-state index in [4.69, 9.17) is 19.4 Å². The molecule has 6 nitrogen and oxygen atoms in total. The summed E-state index contributed by atoms with van der Waals surface area (Å²) in [6.45, 7) is 0. The van der Waals surface area contributed by atoms with E-state index in [2.05, 4.69) is 185 Å². The molecule has 0 spiro atoms. The van der Waals surface area contributed by atoms with Crippen molar-refractivity contribution in [3.63, 3.8) is 0 Å². The van der Waals surface area contributed by atoms with Gasteiger partial charge in [-0.2, -0.15) is 0 Å². The van der Waals surface area contributed by atoms with Crippen LogP contribution >= 0.6 is 0 Å². The Kier molecular flexibility index (Phi) is 8.38. The van der Waals surface area contributed by atoms with E-state index >= 15 is 0 Å². The lowest BCUT2D eigenvalue weighted by Gasteiger charge is -2.12. The molecule has 6 heteroatoms. The molecule has 0 saturated heterocycles. The van der Waals surface area contributed by atoms with Crippen molar-refractivity contribution >= 4 is 43.7 Å². The van der Waals surface area contributed by atoms with Crippen LogP contribution in [-0.2, 0) is 0 Å². The molecule has 0 amide bonds. The highest BCUT2D eigenvalue weighted by Gasteiger charge is 2.19. The predicted octanol–water partition coefficient (Wildman–Crippen LogP) is 14.3. The zero-order valence-electron chi connectivity index (χ0n) is 33.4. The van der Waals surface area contributed by atoms with E-state index in [1.807, 2.05) is 24.3 Å². The van der Waals surface area contributed by atoms with Crippen LogP contribution in [0.15, 0.2) is 217 Å². The van der Waals surface area contributed by atoms with Crippen molar-refractivity contribution in [1.82, 2.24) is 24.5 Å². The Bertz CT molecular complexity index is 3610. The molecular weight excluding hydrogens is 759 g/mol. The summed E-state index contributed by atoms with van der Waals surface area (Å²) in [5, 5.41) is 4.39. The summed E-state index contributed by atoms with van der Waals surface area (Å²) in [5.41, 5.74) is 14.3. The van der Waals surface area contributed by atoms with Gasteiger partial charge < -0.3 is 8.98 Å². The minimum atomic E-state index is 0.531. The van der Waals surface area contributed by atoms with E-state index in [-0.39, 0.29) is 0 Å². The normalized spacial score (nSPS) is 11.5. The largest absolute Gasteiger partial charge is 0.454 e. The molecule has 4 aromatic heterocycles. The summed E-state index contributed by atoms with van der Waals surface area (Å²) in [6, 6.07) is 70.1. The molecule has 0 radical (unpaired) electrons. The molecule has 0 unspecified atom stereocenters. The van der Waals surface area contributed by atoms with E-state index in [0.717, 1.165) is 60.9 Å². The number of hydrogen-bond donors (Lipinski definition) is 0. The first kappa shape index (κ1) is 35.5. The molecular formula is C56H35N5O. The van der Waals surface area contributed by atoms with Crippen molar-refractivity contribution < 1.29 is 4.42 Å². The Morgan fingerprint density at radius 2 is 0.903 bits per heavy atom. The second kappa shape index (κ2) is 14.7. The second-order valence-corrected chi connectivity index (χ2v) is 15.5. The Balaban J connectivity index is 0.980. The fourth-order valence-corrected chi connectivity index (χ4v) is 8.73. The number of rotatable bonds is 7. The number of hydrogen-bond acceptors (Lipinski definition) is 5. The van der Waals surface area contributed by atoms with Gasteiger partial charge >= 0.3 is 0 Å². The van der Waals surface area contributed by atoms with E-state index in [0.29, 0.717) is 28.6 Å². The molecule has 0 saturated carbocycles. The van der Waals surface area contributed by atoms with Crippen LogP contribution in [0, 0.1) is 0 Å². The zero-order chi connectivity index (χ0) is 41.0. The maximum absolute atomic E-state index is 6.43. The van der Waals surface area contributed by atoms with Gasteiger partial charge in [0.15, 0.2) is 23.1 Å². The maximum Gasteiger partial charge on any atom is 0.167 e. The molecule has 12 rings (SSSR count). The number of benzene rings is 8. The monoisotopic (exact) mass is 793 g/mol. The van der Waals surface area contributed by atoms with Gasteiger partial charge in [0.1, 0.15) is 5.58 Å². The SMILES string of the molecule is c1ccc(-c2ccc(-c3ccc4c5ccccc5n(-c5ccc(-c6nc(-c7cccc(-c8ccccc8)c7)nc(-c7cccc8c7oc7cnccc78)n6)cc5)c4c3)cc2)cc1. The minimum Gasteiger partial charge on any atom is -0.454 e. The summed E-state index contributed by atoms with van der Waals surface area (Å²) < 4.78 is 8.78. The van der Waals surface area contributed by atoms with Crippen LogP contribution in [0.25, 0.3) is 117 Å². The van der Waals surface area contributed by atoms with Crippen molar-refractivity contribution in [3.8, 4) is 73.2 Å². The third-order valence-corrected chi connectivity index (χ3v) is 11.8. The molecule has 8 aromatic carbocycles. The van der Waals surface area contributed by atoms with Crippen LogP contribution in [0.2, 0.25) is 0 Å². The maximum atomic E-state index is 6.43. The summed E-state index contributed by atoms with van der Waals surface area (Å²) >= 11 is 0. The van der Waals surface area contributed by atoms with Gasteiger partial charge in [-0.3, -0.25) is 4.98 Å². The molecule has 0 aliphatic rings. The summed E-state index contributed by atoms with van der Waals surface area (Å²) in [5.74, 6) is 1.68. The molecule has 0 atom stereocenters. The zero-order valence-corrected chi connectivity index (χ0v) is 33.4. The van der Waals surface area contributed by atoms with Gasteiger partial charge in [0, 0.05) is 44.6 Å². The quantitative estimate of drug-likeness (QED) is 0.161. The molecule has 4 heterocycles. The highest BCUT2D eigenvalue weighted by Crippen LogP contribution is 2.38. The molecule has 0 aliphatic heterocycles. The van der Waals surface area contributed by atoms with Gasteiger partial charge in [-0.05, 0) is 88.0 Å². The fraction of sp³-hybridized carbons (Fsp3) is 0. The van der Waals surface area contributed by atoms with E-state index < -0.39 is 0 Å². The first-order valence-corrected chi connectivity index (χ1v) is 20.7. The average Bonchev–Trinajstić information content (AvgIpc) is 3.90. The van der Waals surface area contributed by atoms with Gasteiger partial charge in [-0.1, -0.05) is 146 Å². The van der Waals surface area contributed by atoms with Crippen LogP contribution < -0.4 is 0 Å². The van der Waals surface area contributed by atoms with Crippen LogP contribution in [0.5, 0.6) is 0 Å². The predicted molar refractivity (Wildman–Crippen MR) is 252 cm³/mol. The Labute approximate surface area is 357 Å². The summed E-state index contributed by atoms with van der Waals surface area (Å²) in [4.78, 5) is 19.7. The van der Waals surface area contributed by atoms with Crippen molar-refractivity contribution in [3.05, 3.63) is 213 Å². The summed E-state index contributed by atoms with van der Waals surface area (Å²) in [7, 11) is 0. The number of pyridine rings is 1. The van der Waals surface area contributed by atoms with E-state index in [1.54, 1.807) is 12.4 Å². The highest BCUT2D eigenvalue weighted by molar-refractivity contribution is 6.11. The van der Waals surface area contributed by atoms with E-state index in [9.17, 15) is 0 Å². The van der Waals surface area contributed by atoms with Gasteiger partial charge in [-0.25, -0.2) is 15.0 Å². The summed E-state index contributed by atoms with van der Waals surface area (Å²) in [6.07, 6.45) is 3.54. The number of furan rings is 1. The van der Waals surface area contributed by atoms with Crippen LogP contribution in [0.4, 0.5) is 0 Å². The molecule has 0 aliphatic carbocycles. The topological polar surface area (TPSA) is 69.6 Å². The first-order valence-electron chi connectivity index (χ1n) is 20.7. The van der Waals surface area contributed by atoms with Crippen molar-refractivity contribution in [1.29, 1.82) is 0 Å². The third-order valence-electron chi connectivity index (χ3n) is 11.8. The molecule has 0 fully saturated rings. The van der Waals surface area contributed by atoms with Gasteiger partial charge in [0.25, 0.3) is 0 Å². The molecule has 0 bridgehead atoms. The van der Waals surface area contributed by atoms with Crippen LogP contribution in [0.1, 0.15) is 0 Å². The number of fused-ring (bicyclic) bond motifs is 6. The Morgan fingerprint density at radius 1 is 0.355 bits per heavy atom. The van der Waals surface area contributed by atoms with Crippen molar-refractivity contribution in [2.45, 2.75) is 0 Å². The second-order valence-electron chi connectivity index (χ2n) is 15.5. The van der Waals surface area contributed by atoms with Gasteiger partial charge in [0.05, 0.1) is 22.8 Å². The standard InChI is InChI=1S/C56H35N5O/c1-3-11-36(12-4-1)38-21-23-39(24-22-38)42-27-30-46-45-17-7-8-20-50(45)61(51(46)34-42)44-28-25-40(26-29-44)54-58-55(43-16-9-15-41(33-43)37-13-5-2-6-14-37)60-56(59-54)49-19-10-18-48-47-31-32-57-35-52(47)62-53(48)49/h1-35H. The lowest BCUT2D eigenvalue weighted by Crippen LogP contribution is -2.01. The molecule has 12 aromatic rings. The number of nitrogens with zero attached hydrogens (tertiary/aromatic N) is 5. The average molecular weight is 794 g/mol. The van der Waals surface area contributed by atoms with Gasteiger partial charge in [0.2, 0.25) is 0 Å². The molecule has 62 heavy (non-hydrogen) atoms. The smallest absolute Gasteiger partial charge is 0.167 e. The molecule has 290 valence electrons. The lowest BCUT2D eigenvalue weighted by atomic mass is 9.99. The van der Waals surface area contributed by atoms with Crippen LogP contribution in [-0.4, -0.2) is 24.5 Å². The number of aromatic nitrogens is 5. The number of para-hydroxylation sites is 2. The van der Waals surface area contributed by atoms with Gasteiger partial charge in [-0.15, -0.1) is 0 Å². The van der Waals surface area contributed by atoms with Crippen molar-refractivity contribution in [2.24, 2.45) is 0 Å². The van der Waals surface area contributed by atoms with Crippen molar-refractivity contribution in [2.75, 3.05) is 0 Å². The minimum absolute atomic E-state index is 0.531. The first-order chi connectivity index (χ1) is 30.7. The lowest BCUT2D eigenvalue weighted by molar-refractivity contribution is 0.667. The highest BCUT2D eigenvalue weighted by atomic mass is 16.3. The van der Waals surface area contributed by atoms with E-state index in [1.165, 1.54) is 27.5 Å². The van der Waals surface area contributed by atoms with Crippen LogP contribution in [0.3, 0.4) is 0 Å².